The molecule has 0 aromatic heterocycles. The summed E-state index contributed by atoms with van der Waals surface area (Å²) in [4.78, 5) is 23.2. The van der Waals surface area contributed by atoms with E-state index in [-0.39, 0.29) is 23.8 Å². The molecule has 1 saturated carbocycles. The number of piperidine rings is 1. The van der Waals surface area contributed by atoms with Crippen molar-refractivity contribution in [2.45, 2.75) is 57.5 Å². The summed E-state index contributed by atoms with van der Waals surface area (Å²) in [5.74, 6) is 0.218. The van der Waals surface area contributed by atoms with Crippen molar-refractivity contribution in [3.63, 3.8) is 0 Å². The van der Waals surface area contributed by atoms with Crippen molar-refractivity contribution in [3.05, 3.63) is 0 Å². The number of nitrogens with one attached hydrogen (secondary N) is 2. The highest BCUT2D eigenvalue weighted by molar-refractivity contribution is 5.86. The fourth-order valence-electron chi connectivity index (χ4n) is 3.25. The molecule has 0 spiro atoms. The van der Waals surface area contributed by atoms with Crippen LogP contribution >= 0.6 is 0 Å². The summed E-state index contributed by atoms with van der Waals surface area (Å²) in [6.07, 6.45) is 7.17. The number of hydrogen-bond donors (Lipinski definition) is 3. The van der Waals surface area contributed by atoms with Crippen molar-refractivity contribution in [2.75, 3.05) is 13.1 Å². The van der Waals surface area contributed by atoms with Gasteiger partial charge in [-0.15, -0.1) is 0 Å². The number of aliphatic hydroxyl groups is 1. The molecular formula is C15H26N2O3. The molecule has 2 rings (SSSR count). The fraction of sp³-hybridized carbons (Fsp3) is 0.867. The van der Waals surface area contributed by atoms with Crippen molar-refractivity contribution in [2.24, 2.45) is 11.8 Å². The van der Waals surface area contributed by atoms with E-state index in [1.54, 1.807) is 0 Å². The van der Waals surface area contributed by atoms with Crippen molar-refractivity contribution >= 4 is 11.8 Å². The van der Waals surface area contributed by atoms with Crippen molar-refractivity contribution in [1.82, 2.24) is 10.6 Å². The minimum Gasteiger partial charge on any atom is -0.393 e. The average molecular weight is 282 g/mol. The zero-order valence-electron chi connectivity index (χ0n) is 12.1. The van der Waals surface area contributed by atoms with E-state index in [2.05, 4.69) is 10.6 Å². The zero-order valence-corrected chi connectivity index (χ0v) is 12.1. The first-order chi connectivity index (χ1) is 9.66. The summed E-state index contributed by atoms with van der Waals surface area (Å²) >= 11 is 0. The van der Waals surface area contributed by atoms with Crippen molar-refractivity contribution in [3.8, 4) is 0 Å². The Labute approximate surface area is 120 Å². The Hall–Kier alpha value is -1.10. The molecule has 3 atom stereocenters. The SMILES string of the molecule is O=C1CC(C(=O)NCCCC2CCCCC2O)CCN1. The highest BCUT2D eigenvalue weighted by Gasteiger charge is 2.25. The van der Waals surface area contributed by atoms with Crippen molar-refractivity contribution in [1.29, 1.82) is 0 Å². The number of hydrogen-bond acceptors (Lipinski definition) is 3. The van der Waals surface area contributed by atoms with Gasteiger partial charge in [-0.25, -0.2) is 0 Å². The third-order valence-electron chi connectivity index (χ3n) is 4.54. The Morgan fingerprint density at radius 3 is 2.85 bits per heavy atom. The van der Waals surface area contributed by atoms with Gasteiger partial charge in [0.25, 0.3) is 0 Å². The molecule has 114 valence electrons. The highest BCUT2D eigenvalue weighted by atomic mass is 16.3. The first kappa shape index (κ1) is 15.3. The van der Waals surface area contributed by atoms with E-state index in [1.807, 2.05) is 0 Å². The number of carbonyl (C=O) groups is 2. The molecule has 20 heavy (non-hydrogen) atoms. The molecule has 5 heteroatoms. The molecule has 2 aliphatic rings. The van der Waals surface area contributed by atoms with E-state index < -0.39 is 0 Å². The van der Waals surface area contributed by atoms with Gasteiger partial charge in [-0.3, -0.25) is 9.59 Å². The maximum Gasteiger partial charge on any atom is 0.223 e. The first-order valence-corrected chi connectivity index (χ1v) is 7.89. The molecule has 5 nitrogen and oxygen atoms in total. The molecule has 3 N–H and O–H groups in total. The van der Waals surface area contributed by atoms with Crippen molar-refractivity contribution < 1.29 is 14.7 Å². The van der Waals surface area contributed by atoms with E-state index in [1.165, 1.54) is 6.42 Å². The minimum absolute atomic E-state index is 0.00374. The summed E-state index contributed by atoms with van der Waals surface area (Å²) in [6.45, 7) is 1.26. The predicted octanol–water partition coefficient (Wildman–Crippen LogP) is 0.960. The van der Waals surface area contributed by atoms with Crippen LogP contribution < -0.4 is 10.6 Å². The Morgan fingerprint density at radius 1 is 1.30 bits per heavy atom. The average Bonchev–Trinajstić information content (AvgIpc) is 2.45. The van der Waals surface area contributed by atoms with Crippen LogP contribution in [-0.4, -0.2) is 36.1 Å². The lowest BCUT2D eigenvalue weighted by Gasteiger charge is -2.27. The Balaban J connectivity index is 1.60. The van der Waals surface area contributed by atoms with Crippen LogP contribution in [0.4, 0.5) is 0 Å². The molecule has 0 bridgehead atoms. The second-order valence-electron chi connectivity index (χ2n) is 6.08. The molecular weight excluding hydrogens is 256 g/mol. The Kier molecular flexibility index (Phi) is 5.83. The van der Waals surface area contributed by atoms with Gasteiger partial charge in [0.2, 0.25) is 11.8 Å². The number of rotatable bonds is 5. The summed E-state index contributed by atoms with van der Waals surface area (Å²) < 4.78 is 0. The van der Waals surface area contributed by atoms with Gasteiger partial charge >= 0.3 is 0 Å². The van der Waals surface area contributed by atoms with Crippen LogP contribution in [-0.2, 0) is 9.59 Å². The van der Waals surface area contributed by atoms with Gasteiger partial charge in [0, 0.05) is 25.4 Å². The Bertz CT molecular complexity index is 346. The number of carbonyl (C=O) groups excluding carboxylic acids is 2. The van der Waals surface area contributed by atoms with E-state index >= 15 is 0 Å². The predicted molar refractivity (Wildman–Crippen MR) is 75.9 cm³/mol. The van der Waals surface area contributed by atoms with Crippen LogP contribution in [0, 0.1) is 11.8 Å². The van der Waals surface area contributed by atoms with Gasteiger partial charge in [-0.2, -0.15) is 0 Å². The van der Waals surface area contributed by atoms with Crippen LogP contribution in [0.3, 0.4) is 0 Å². The van der Waals surface area contributed by atoms with Gasteiger partial charge < -0.3 is 15.7 Å². The fourth-order valence-corrected chi connectivity index (χ4v) is 3.25. The molecule has 0 aromatic carbocycles. The summed E-state index contributed by atoms with van der Waals surface area (Å²) in [7, 11) is 0. The number of aliphatic hydroxyl groups excluding tert-OH is 1. The zero-order chi connectivity index (χ0) is 14.4. The molecule has 0 radical (unpaired) electrons. The van der Waals surface area contributed by atoms with Crippen LogP contribution in [0.25, 0.3) is 0 Å². The molecule has 2 amide bonds. The van der Waals surface area contributed by atoms with Gasteiger partial charge in [-0.1, -0.05) is 12.8 Å². The van der Waals surface area contributed by atoms with E-state index in [9.17, 15) is 14.7 Å². The molecule has 0 aromatic rings. The maximum atomic E-state index is 11.9. The summed E-state index contributed by atoms with van der Waals surface area (Å²) in [6, 6.07) is 0. The second-order valence-corrected chi connectivity index (χ2v) is 6.08. The van der Waals surface area contributed by atoms with Gasteiger partial charge in [0.05, 0.1) is 6.10 Å². The van der Waals surface area contributed by atoms with Crippen LogP contribution in [0.5, 0.6) is 0 Å². The van der Waals surface area contributed by atoms with E-state index in [0.717, 1.165) is 38.5 Å². The lowest BCUT2D eigenvalue weighted by molar-refractivity contribution is -0.132. The monoisotopic (exact) mass is 282 g/mol. The second kappa shape index (κ2) is 7.62. The smallest absolute Gasteiger partial charge is 0.223 e. The van der Waals surface area contributed by atoms with Crippen LogP contribution in [0.15, 0.2) is 0 Å². The molecule has 3 unspecified atom stereocenters. The maximum absolute atomic E-state index is 11.9. The third kappa shape index (κ3) is 4.47. The molecule has 2 fully saturated rings. The minimum atomic E-state index is -0.163. The van der Waals surface area contributed by atoms with E-state index in [0.29, 0.717) is 25.4 Å². The van der Waals surface area contributed by atoms with Gasteiger partial charge in [-0.05, 0) is 38.0 Å². The largest absolute Gasteiger partial charge is 0.393 e. The first-order valence-electron chi connectivity index (χ1n) is 7.89. The summed E-state index contributed by atoms with van der Waals surface area (Å²) in [5, 5.41) is 15.5. The normalized spacial score (nSPS) is 30.6. The lowest BCUT2D eigenvalue weighted by atomic mass is 9.83. The molecule has 1 aliphatic heterocycles. The van der Waals surface area contributed by atoms with Gasteiger partial charge in [0.1, 0.15) is 0 Å². The quantitative estimate of drug-likeness (QED) is 0.657. The number of amides is 2. The Morgan fingerprint density at radius 2 is 2.10 bits per heavy atom. The topological polar surface area (TPSA) is 78.4 Å². The standard InChI is InChI=1S/C15H26N2O3/c18-13-6-2-1-4-11(13)5-3-8-17-15(20)12-7-9-16-14(19)10-12/h11-13,18H,1-10H2,(H,16,19)(H,17,20). The third-order valence-corrected chi connectivity index (χ3v) is 4.54. The van der Waals surface area contributed by atoms with E-state index in [4.69, 9.17) is 0 Å². The van der Waals surface area contributed by atoms with Crippen LogP contribution in [0.1, 0.15) is 51.4 Å². The van der Waals surface area contributed by atoms with Crippen LogP contribution in [0.2, 0.25) is 0 Å². The van der Waals surface area contributed by atoms with Gasteiger partial charge in [0.15, 0.2) is 0 Å². The molecule has 1 saturated heterocycles. The highest BCUT2D eigenvalue weighted by Crippen LogP contribution is 2.27. The lowest BCUT2D eigenvalue weighted by Crippen LogP contribution is -2.41. The molecule has 1 aliphatic carbocycles. The molecule has 1 heterocycles. The summed E-state index contributed by atoms with van der Waals surface area (Å²) in [5.41, 5.74) is 0.